The van der Waals surface area contributed by atoms with Crippen LogP contribution >= 0.6 is 11.3 Å². The van der Waals surface area contributed by atoms with E-state index in [1.165, 1.54) is 17.4 Å². The third-order valence-corrected chi connectivity index (χ3v) is 7.53. The number of hydrogen-bond acceptors (Lipinski definition) is 7. The van der Waals surface area contributed by atoms with Gasteiger partial charge in [0.1, 0.15) is 15.7 Å². The molecule has 1 aromatic carbocycles. The molecule has 0 bridgehead atoms. The molecule has 1 saturated carbocycles. The SMILES string of the molecule is O=C(Nc1nnc(C2CC2)s1)c1ccc2c(c1)S(=O)(=O)N=C1CCCCCN12. The second-order valence-electron chi connectivity index (χ2n) is 7.30. The number of benzene rings is 1. The van der Waals surface area contributed by atoms with E-state index in [-0.39, 0.29) is 10.5 Å². The highest BCUT2D eigenvalue weighted by Crippen LogP contribution is 2.42. The Kier molecular flexibility index (Phi) is 4.20. The van der Waals surface area contributed by atoms with Crippen LogP contribution in [0.1, 0.15) is 59.8 Å². The number of carbonyl (C=O) groups is 1. The van der Waals surface area contributed by atoms with Gasteiger partial charge in [0.15, 0.2) is 0 Å². The molecule has 0 spiro atoms. The average Bonchev–Trinajstić information content (AvgIpc) is 3.46. The molecular formula is C18H19N5O3S2. The van der Waals surface area contributed by atoms with Gasteiger partial charge in [-0.15, -0.1) is 14.6 Å². The predicted molar refractivity (Wildman–Crippen MR) is 107 cm³/mol. The van der Waals surface area contributed by atoms with Crippen molar-refractivity contribution in [2.75, 3.05) is 16.8 Å². The maximum absolute atomic E-state index is 12.7. The summed E-state index contributed by atoms with van der Waals surface area (Å²) in [7, 11) is -3.82. The van der Waals surface area contributed by atoms with E-state index in [1.54, 1.807) is 12.1 Å². The molecule has 10 heteroatoms. The average molecular weight is 418 g/mol. The molecule has 2 fully saturated rings. The van der Waals surface area contributed by atoms with Gasteiger partial charge >= 0.3 is 0 Å². The third-order valence-electron chi connectivity index (χ3n) is 5.20. The van der Waals surface area contributed by atoms with E-state index in [0.717, 1.165) is 43.7 Å². The number of anilines is 2. The molecule has 2 aromatic rings. The van der Waals surface area contributed by atoms with Crippen molar-refractivity contribution < 1.29 is 13.2 Å². The molecule has 146 valence electrons. The molecule has 8 nitrogen and oxygen atoms in total. The number of fused-ring (bicyclic) bond motifs is 3. The number of aromatic nitrogens is 2. The molecule has 0 atom stereocenters. The van der Waals surface area contributed by atoms with Crippen molar-refractivity contribution in [3.05, 3.63) is 28.8 Å². The number of amidine groups is 1. The number of hydrogen-bond donors (Lipinski definition) is 1. The summed E-state index contributed by atoms with van der Waals surface area (Å²) < 4.78 is 29.4. The van der Waals surface area contributed by atoms with Crippen LogP contribution in [-0.4, -0.2) is 36.9 Å². The summed E-state index contributed by atoms with van der Waals surface area (Å²) in [6.45, 7) is 0.738. The molecule has 1 aromatic heterocycles. The standard InChI is InChI=1S/C18H19N5O3S2/c24-16(19-18-21-20-17(27-18)11-5-6-11)12-7-8-13-14(10-12)28(25,26)22-15-4-2-1-3-9-23(13)15/h7-8,10-11H,1-6,9H2,(H,19,21,24). The van der Waals surface area contributed by atoms with Gasteiger partial charge in [0.05, 0.1) is 5.69 Å². The normalized spacial score (nSPS) is 20.6. The molecule has 28 heavy (non-hydrogen) atoms. The van der Waals surface area contributed by atoms with Crippen LogP contribution in [0.15, 0.2) is 27.5 Å². The van der Waals surface area contributed by atoms with E-state index in [9.17, 15) is 13.2 Å². The number of nitrogens with zero attached hydrogens (tertiary/aromatic N) is 4. The lowest BCUT2D eigenvalue weighted by Crippen LogP contribution is -2.35. The van der Waals surface area contributed by atoms with Gasteiger partial charge in [-0.05, 0) is 43.9 Å². The second kappa shape index (κ2) is 6.63. The number of amides is 1. The van der Waals surface area contributed by atoms with E-state index in [1.807, 2.05) is 4.90 Å². The molecule has 3 aliphatic rings. The summed E-state index contributed by atoms with van der Waals surface area (Å²) in [5.41, 5.74) is 0.870. The van der Waals surface area contributed by atoms with Crippen molar-refractivity contribution in [3.8, 4) is 0 Å². The third kappa shape index (κ3) is 3.20. The van der Waals surface area contributed by atoms with Crippen molar-refractivity contribution in [2.45, 2.75) is 49.3 Å². The van der Waals surface area contributed by atoms with Gasteiger partial charge in [0, 0.05) is 24.4 Å². The Morgan fingerprint density at radius 1 is 1.18 bits per heavy atom. The smallest absolute Gasteiger partial charge is 0.286 e. The highest BCUT2D eigenvalue weighted by molar-refractivity contribution is 7.90. The van der Waals surface area contributed by atoms with Crippen LogP contribution in [0.25, 0.3) is 0 Å². The van der Waals surface area contributed by atoms with Crippen molar-refractivity contribution >= 4 is 43.9 Å². The summed E-state index contributed by atoms with van der Waals surface area (Å²) in [4.78, 5) is 14.7. The topological polar surface area (TPSA) is 105 Å². The molecule has 2 aliphatic heterocycles. The zero-order chi connectivity index (χ0) is 19.3. The van der Waals surface area contributed by atoms with Gasteiger partial charge < -0.3 is 4.90 Å². The van der Waals surface area contributed by atoms with Crippen LogP contribution < -0.4 is 10.2 Å². The van der Waals surface area contributed by atoms with Crippen molar-refractivity contribution in [3.63, 3.8) is 0 Å². The molecule has 0 unspecified atom stereocenters. The van der Waals surface area contributed by atoms with Gasteiger partial charge in [0.2, 0.25) is 5.13 Å². The van der Waals surface area contributed by atoms with Crippen LogP contribution in [-0.2, 0) is 10.0 Å². The quantitative estimate of drug-likeness (QED) is 0.823. The fourth-order valence-corrected chi connectivity index (χ4v) is 5.76. The fraction of sp³-hybridized carbons (Fsp3) is 0.444. The molecule has 1 aliphatic carbocycles. The van der Waals surface area contributed by atoms with E-state index in [2.05, 4.69) is 19.9 Å². The van der Waals surface area contributed by atoms with Crippen molar-refractivity contribution in [2.24, 2.45) is 4.40 Å². The summed E-state index contributed by atoms with van der Waals surface area (Å²) >= 11 is 1.37. The highest BCUT2D eigenvalue weighted by Gasteiger charge is 2.32. The first-order valence-corrected chi connectivity index (χ1v) is 11.7. The van der Waals surface area contributed by atoms with Gasteiger partial charge in [-0.1, -0.05) is 17.8 Å². The van der Waals surface area contributed by atoms with Crippen LogP contribution in [0.5, 0.6) is 0 Å². The Morgan fingerprint density at radius 3 is 2.86 bits per heavy atom. The molecule has 1 amide bonds. The minimum absolute atomic E-state index is 0.0849. The largest absolute Gasteiger partial charge is 0.328 e. The minimum atomic E-state index is -3.82. The van der Waals surface area contributed by atoms with Gasteiger partial charge in [0.25, 0.3) is 15.9 Å². The first-order valence-electron chi connectivity index (χ1n) is 9.41. The van der Waals surface area contributed by atoms with Gasteiger partial charge in [-0.2, -0.15) is 8.42 Å². The molecule has 1 N–H and O–H groups in total. The Hall–Kier alpha value is -2.33. The summed E-state index contributed by atoms with van der Waals surface area (Å²) in [5.74, 6) is 0.670. The Morgan fingerprint density at radius 2 is 2.04 bits per heavy atom. The zero-order valence-electron chi connectivity index (χ0n) is 15.1. The fourth-order valence-electron chi connectivity index (χ4n) is 3.57. The van der Waals surface area contributed by atoms with Crippen molar-refractivity contribution in [1.29, 1.82) is 0 Å². The molecule has 5 rings (SSSR count). The lowest BCUT2D eigenvalue weighted by Gasteiger charge is -2.29. The van der Waals surface area contributed by atoms with Crippen LogP contribution in [0.3, 0.4) is 0 Å². The number of rotatable bonds is 3. The second-order valence-corrected chi connectivity index (χ2v) is 9.88. The van der Waals surface area contributed by atoms with Crippen LogP contribution in [0.2, 0.25) is 0 Å². The van der Waals surface area contributed by atoms with Crippen LogP contribution in [0, 0.1) is 0 Å². The Balaban J connectivity index is 1.44. The van der Waals surface area contributed by atoms with Crippen molar-refractivity contribution in [1.82, 2.24) is 10.2 Å². The zero-order valence-corrected chi connectivity index (χ0v) is 16.7. The molecule has 3 heterocycles. The summed E-state index contributed by atoms with van der Waals surface area (Å²) in [6, 6.07) is 4.77. The molecule has 0 radical (unpaired) electrons. The van der Waals surface area contributed by atoms with Gasteiger partial charge in [-0.25, -0.2) is 0 Å². The highest BCUT2D eigenvalue weighted by atomic mass is 32.2. The molecular weight excluding hydrogens is 398 g/mol. The van der Waals surface area contributed by atoms with E-state index in [4.69, 9.17) is 0 Å². The first-order chi connectivity index (χ1) is 13.5. The Bertz CT molecular complexity index is 1090. The monoisotopic (exact) mass is 417 g/mol. The number of sulfonamides is 1. The van der Waals surface area contributed by atoms with Crippen LogP contribution in [0.4, 0.5) is 10.8 Å². The summed E-state index contributed by atoms with van der Waals surface area (Å²) in [6.07, 6.45) is 5.86. The predicted octanol–water partition coefficient (Wildman–Crippen LogP) is 3.15. The van der Waals surface area contributed by atoms with E-state index >= 15 is 0 Å². The first kappa shape index (κ1) is 17.7. The maximum Gasteiger partial charge on any atom is 0.286 e. The lowest BCUT2D eigenvalue weighted by molar-refractivity contribution is 0.102. The lowest BCUT2D eigenvalue weighted by atomic mass is 10.1. The Labute approximate surface area is 166 Å². The maximum atomic E-state index is 12.7. The van der Waals surface area contributed by atoms with Gasteiger partial charge in [-0.3, -0.25) is 10.1 Å². The van der Waals surface area contributed by atoms with E-state index in [0.29, 0.717) is 29.0 Å². The minimum Gasteiger partial charge on any atom is -0.328 e. The number of carbonyl (C=O) groups excluding carboxylic acids is 1. The number of nitrogens with one attached hydrogen (secondary N) is 1. The van der Waals surface area contributed by atoms with E-state index < -0.39 is 15.9 Å². The summed E-state index contributed by atoms with van der Waals surface area (Å²) in [5, 5.41) is 12.2. The molecule has 1 saturated heterocycles.